The Kier molecular flexibility index (Phi) is 5.21. The van der Waals surface area contributed by atoms with E-state index in [4.69, 9.17) is 4.74 Å². The van der Waals surface area contributed by atoms with Gasteiger partial charge in [-0.3, -0.25) is 4.79 Å². The first-order valence-electron chi connectivity index (χ1n) is 7.53. The van der Waals surface area contributed by atoms with Crippen molar-refractivity contribution in [3.8, 4) is 5.75 Å². The van der Waals surface area contributed by atoms with Crippen molar-refractivity contribution in [2.45, 2.75) is 40.3 Å². The van der Waals surface area contributed by atoms with Gasteiger partial charge in [-0.2, -0.15) is 0 Å². The molecule has 3 heteroatoms. The molecule has 0 aliphatic carbocycles. The van der Waals surface area contributed by atoms with E-state index < -0.39 is 6.10 Å². The standard InChI is InChI=1S/C19H23NO2/c1-13-10-14(2)15(3)18(11-13)22-16(4)19(21)20-12-17-8-6-5-7-9-17/h5-11,16H,12H2,1-4H3,(H,20,21). The highest BCUT2D eigenvalue weighted by Gasteiger charge is 2.16. The maximum Gasteiger partial charge on any atom is 0.261 e. The predicted molar refractivity (Wildman–Crippen MR) is 89.0 cm³/mol. The highest BCUT2D eigenvalue weighted by atomic mass is 16.5. The molecule has 0 saturated heterocycles. The summed E-state index contributed by atoms with van der Waals surface area (Å²) >= 11 is 0. The van der Waals surface area contributed by atoms with E-state index in [-0.39, 0.29) is 5.91 Å². The highest BCUT2D eigenvalue weighted by molar-refractivity contribution is 5.80. The summed E-state index contributed by atoms with van der Waals surface area (Å²) in [5.74, 6) is 0.669. The summed E-state index contributed by atoms with van der Waals surface area (Å²) < 4.78 is 5.84. The van der Waals surface area contributed by atoms with Crippen molar-refractivity contribution >= 4 is 5.91 Å². The zero-order valence-electron chi connectivity index (χ0n) is 13.6. The van der Waals surface area contributed by atoms with E-state index >= 15 is 0 Å². The van der Waals surface area contributed by atoms with Gasteiger partial charge in [0.05, 0.1) is 0 Å². The lowest BCUT2D eigenvalue weighted by molar-refractivity contribution is -0.127. The molecular formula is C19H23NO2. The van der Waals surface area contributed by atoms with Crippen LogP contribution >= 0.6 is 0 Å². The molecule has 2 rings (SSSR count). The van der Waals surface area contributed by atoms with Gasteiger partial charge in [0.2, 0.25) is 0 Å². The average molecular weight is 297 g/mol. The zero-order chi connectivity index (χ0) is 16.1. The molecule has 0 spiro atoms. The summed E-state index contributed by atoms with van der Waals surface area (Å²) in [5, 5.41) is 2.90. The van der Waals surface area contributed by atoms with Gasteiger partial charge >= 0.3 is 0 Å². The molecule has 0 saturated carbocycles. The first-order chi connectivity index (χ1) is 10.5. The van der Waals surface area contributed by atoms with E-state index in [1.54, 1.807) is 6.92 Å². The maximum absolute atomic E-state index is 12.2. The summed E-state index contributed by atoms with van der Waals surface area (Å²) in [6, 6.07) is 13.9. The Morgan fingerprint density at radius 3 is 2.50 bits per heavy atom. The third-order valence-corrected chi connectivity index (χ3v) is 3.75. The minimum absolute atomic E-state index is 0.109. The largest absolute Gasteiger partial charge is 0.481 e. The summed E-state index contributed by atoms with van der Waals surface area (Å²) in [6.45, 7) is 8.38. The first-order valence-corrected chi connectivity index (χ1v) is 7.53. The van der Waals surface area contributed by atoms with E-state index in [1.807, 2.05) is 50.2 Å². The lowest BCUT2D eigenvalue weighted by Gasteiger charge is -2.18. The van der Waals surface area contributed by atoms with Crippen LogP contribution in [0.1, 0.15) is 29.2 Å². The lowest BCUT2D eigenvalue weighted by atomic mass is 10.1. The van der Waals surface area contributed by atoms with Crippen LogP contribution in [0, 0.1) is 20.8 Å². The molecule has 1 N–H and O–H groups in total. The van der Waals surface area contributed by atoms with E-state index in [0.717, 1.165) is 22.4 Å². The third kappa shape index (κ3) is 4.10. The first kappa shape index (κ1) is 16.1. The van der Waals surface area contributed by atoms with Crippen molar-refractivity contribution in [1.29, 1.82) is 0 Å². The molecule has 3 nitrogen and oxygen atoms in total. The molecule has 116 valence electrons. The van der Waals surface area contributed by atoms with E-state index in [2.05, 4.69) is 18.3 Å². The Bertz CT molecular complexity index is 650. The number of carbonyl (C=O) groups excluding carboxylic acids is 1. The fourth-order valence-electron chi connectivity index (χ4n) is 2.30. The Morgan fingerprint density at radius 1 is 1.14 bits per heavy atom. The van der Waals surface area contributed by atoms with Gasteiger partial charge in [-0.25, -0.2) is 0 Å². The Labute approximate surface area is 132 Å². The van der Waals surface area contributed by atoms with Crippen molar-refractivity contribution in [3.05, 3.63) is 64.7 Å². The summed E-state index contributed by atoms with van der Waals surface area (Å²) in [5.41, 5.74) is 4.46. The molecule has 0 radical (unpaired) electrons. The van der Waals surface area contributed by atoms with Gasteiger partial charge in [-0.05, 0) is 56.0 Å². The number of carbonyl (C=O) groups is 1. The number of hydrogen-bond donors (Lipinski definition) is 1. The van der Waals surface area contributed by atoms with Gasteiger partial charge < -0.3 is 10.1 Å². The SMILES string of the molecule is Cc1cc(C)c(C)c(OC(C)C(=O)NCc2ccccc2)c1. The van der Waals surface area contributed by atoms with Gasteiger partial charge in [0.1, 0.15) is 5.75 Å². The van der Waals surface area contributed by atoms with Gasteiger partial charge in [0, 0.05) is 6.54 Å². The average Bonchev–Trinajstić information content (AvgIpc) is 2.50. The van der Waals surface area contributed by atoms with E-state index in [9.17, 15) is 4.79 Å². The molecule has 2 aromatic rings. The molecule has 0 aliphatic heterocycles. The van der Waals surface area contributed by atoms with Gasteiger partial charge in [0.15, 0.2) is 6.10 Å². The quantitative estimate of drug-likeness (QED) is 0.914. The second kappa shape index (κ2) is 7.12. The third-order valence-electron chi connectivity index (χ3n) is 3.75. The number of rotatable bonds is 5. The molecular weight excluding hydrogens is 274 g/mol. The molecule has 1 atom stereocenters. The van der Waals surface area contributed by atoms with Crippen molar-refractivity contribution in [2.75, 3.05) is 0 Å². The normalized spacial score (nSPS) is 11.8. The van der Waals surface area contributed by atoms with Gasteiger partial charge in [-0.1, -0.05) is 36.4 Å². The Hall–Kier alpha value is -2.29. The van der Waals surface area contributed by atoms with Crippen LogP contribution in [0.15, 0.2) is 42.5 Å². The summed E-state index contributed by atoms with van der Waals surface area (Å²) in [4.78, 5) is 12.2. The van der Waals surface area contributed by atoms with E-state index in [0.29, 0.717) is 6.54 Å². The van der Waals surface area contributed by atoms with Crippen molar-refractivity contribution in [3.63, 3.8) is 0 Å². The number of aryl methyl sites for hydroxylation is 2. The van der Waals surface area contributed by atoms with Crippen molar-refractivity contribution in [2.24, 2.45) is 0 Å². The molecule has 0 heterocycles. The second-order valence-electron chi connectivity index (χ2n) is 5.67. The van der Waals surface area contributed by atoms with E-state index in [1.165, 1.54) is 5.56 Å². The van der Waals surface area contributed by atoms with Crippen LogP contribution in [-0.4, -0.2) is 12.0 Å². The molecule has 1 amide bonds. The zero-order valence-corrected chi connectivity index (χ0v) is 13.6. The van der Waals surface area contributed by atoms with Crippen LogP contribution in [0.4, 0.5) is 0 Å². The molecule has 0 bridgehead atoms. The van der Waals surface area contributed by atoms with Gasteiger partial charge in [-0.15, -0.1) is 0 Å². The maximum atomic E-state index is 12.2. The number of nitrogens with one attached hydrogen (secondary N) is 1. The number of benzene rings is 2. The van der Waals surface area contributed by atoms with Crippen LogP contribution in [0.25, 0.3) is 0 Å². The summed E-state index contributed by atoms with van der Waals surface area (Å²) in [7, 11) is 0. The van der Waals surface area contributed by atoms with Crippen LogP contribution in [0.3, 0.4) is 0 Å². The molecule has 1 unspecified atom stereocenters. The monoisotopic (exact) mass is 297 g/mol. The van der Waals surface area contributed by atoms with Crippen molar-refractivity contribution < 1.29 is 9.53 Å². The lowest BCUT2D eigenvalue weighted by Crippen LogP contribution is -2.36. The summed E-state index contributed by atoms with van der Waals surface area (Å²) in [6.07, 6.45) is -0.524. The smallest absolute Gasteiger partial charge is 0.261 e. The van der Waals surface area contributed by atoms with Crippen LogP contribution < -0.4 is 10.1 Å². The number of hydrogen-bond acceptors (Lipinski definition) is 2. The molecule has 22 heavy (non-hydrogen) atoms. The number of ether oxygens (including phenoxy) is 1. The topological polar surface area (TPSA) is 38.3 Å². The van der Waals surface area contributed by atoms with Gasteiger partial charge in [0.25, 0.3) is 5.91 Å². The molecule has 0 fully saturated rings. The Balaban J connectivity index is 1.97. The molecule has 0 aliphatic rings. The van der Waals surface area contributed by atoms with Crippen LogP contribution in [-0.2, 0) is 11.3 Å². The minimum atomic E-state index is -0.524. The molecule has 0 aromatic heterocycles. The predicted octanol–water partition coefficient (Wildman–Crippen LogP) is 3.70. The fraction of sp³-hybridized carbons (Fsp3) is 0.316. The Morgan fingerprint density at radius 2 is 1.82 bits per heavy atom. The highest BCUT2D eigenvalue weighted by Crippen LogP contribution is 2.24. The minimum Gasteiger partial charge on any atom is -0.481 e. The molecule has 2 aromatic carbocycles. The van der Waals surface area contributed by atoms with Crippen LogP contribution in [0.2, 0.25) is 0 Å². The fourth-order valence-corrected chi connectivity index (χ4v) is 2.30. The number of amides is 1. The van der Waals surface area contributed by atoms with Crippen LogP contribution in [0.5, 0.6) is 5.75 Å². The second-order valence-corrected chi connectivity index (χ2v) is 5.67. The van der Waals surface area contributed by atoms with Crippen molar-refractivity contribution in [1.82, 2.24) is 5.32 Å².